The average molecular weight is 228 g/mol. The summed E-state index contributed by atoms with van der Waals surface area (Å²) >= 11 is 0. The Hall–Kier alpha value is -1.30. The highest BCUT2D eigenvalue weighted by Crippen LogP contribution is 2.18. The molecule has 1 aliphatic rings. The Kier molecular flexibility index (Phi) is 5.63. The summed E-state index contributed by atoms with van der Waals surface area (Å²) in [6, 6.07) is 0.530. The van der Waals surface area contributed by atoms with Crippen LogP contribution in [-0.4, -0.2) is 51.8 Å². The highest BCUT2D eigenvalue weighted by atomic mass is 16.5. The van der Waals surface area contributed by atoms with E-state index < -0.39 is 0 Å². The van der Waals surface area contributed by atoms with Gasteiger partial charge in [0.05, 0.1) is 13.2 Å². The molecule has 0 aromatic rings. The summed E-state index contributed by atoms with van der Waals surface area (Å²) in [5.74, 6) is 0.625. The van der Waals surface area contributed by atoms with Gasteiger partial charge >= 0.3 is 0 Å². The molecule has 92 valence electrons. The monoisotopic (exact) mass is 228 g/mol. The lowest BCUT2D eigenvalue weighted by Crippen LogP contribution is -2.44. The minimum Gasteiger partial charge on any atom is -0.383 e. The highest BCUT2D eigenvalue weighted by molar-refractivity contribution is 5.86. The maximum atomic E-state index is 11.3. The third-order valence-electron chi connectivity index (χ3n) is 2.19. The van der Waals surface area contributed by atoms with Crippen LogP contribution in [0.2, 0.25) is 0 Å². The maximum Gasteiger partial charge on any atom is 0.239 e. The van der Waals surface area contributed by atoms with Gasteiger partial charge in [0.2, 0.25) is 5.91 Å². The van der Waals surface area contributed by atoms with Crippen LogP contribution in [0.15, 0.2) is 4.99 Å². The van der Waals surface area contributed by atoms with E-state index in [4.69, 9.17) is 4.74 Å². The normalized spacial score (nSPS) is 15.8. The fourth-order valence-corrected chi connectivity index (χ4v) is 1.13. The molecule has 0 aromatic carbocycles. The Morgan fingerprint density at radius 1 is 1.44 bits per heavy atom. The van der Waals surface area contributed by atoms with Crippen LogP contribution >= 0.6 is 0 Å². The predicted octanol–water partition coefficient (Wildman–Crippen LogP) is -0.924. The maximum absolute atomic E-state index is 11.3. The summed E-state index contributed by atoms with van der Waals surface area (Å²) in [5.41, 5.74) is 0. The first-order chi connectivity index (χ1) is 7.76. The quantitative estimate of drug-likeness (QED) is 0.312. The van der Waals surface area contributed by atoms with Crippen LogP contribution in [0.5, 0.6) is 0 Å². The van der Waals surface area contributed by atoms with Crippen molar-refractivity contribution < 1.29 is 9.53 Å². The molecule has 0 aliphatic heterocycles. The first-order valence-corrected chi connectivity index (χ1v) is 5.49. The van der Waals surface area contributed by atoms with E-state index in [0.29, 0.717) is 25.2 Å². The van der Waals surface area contributed by atoms with E-state index >= 15 is 0 Å². The number of aliphatic imine (C=N–C) groups is 1. The number of nitrogens with one attached hydrogen (secondary N) is 3. The van der Waals surface area contributed by atoms with Gasteiger partial charge < -0.3 is 20.7 Å². The van der Waals surface area contributed by atoms with Crippen molar-refractivity contribution in [3.05, 3.63) is 0 Å². The molecule has 0 heterocycles. The number of rotatable bonds is 6. The number of nitrogens with zero attached hydrogens (tertiary/aromatic N) is 1. The summed E-state index contributed by atoms with van der Waals surface area (Å²) in [5, 5.41) is 8.87. The van der Waals surface area contributed by atoms with Crippen LogP contribution in [0, 0.1) is 0 Å². The number of ether oxygens (including phenoxy) is 1. The topological polar surface area (TPSA) is 74.8 Å². The first-order valence-electron chi connectivity index (χ1n) is 5.49. The van der Waals surface area contributed by atoms with Crippen molar-refractivity contribution in [1.29, 1.82) is 0 Å². The lowest BCUT2D eigenvalue weighted by Gasteiger charge is -2.10. The van der Waals surface area contributed by atoms with E-state index in [-0.39, 0.29) is 12.5 Å². The summed E-state index contributed by atoms with van der Waals surface area (Å²) in [6.07, 6.45) is 2.36. The molecule has 1 saturated carbocycles. The van der Waals surface area contributed by atoms with Crippen molar-refractivity contribution in [2.45, 2.75) is 18.9 Å². The molecule has 0 bridgehead atoms. The van der Waals surface area contributed by atoms with E-state index in [1.165, 1.54) is 12.8 Å². The zero-order valence-corrected chi connectivity index (χ0v) is 9.88. The van der Waals surface area contributed by atoms with E-state index in [9.17, 15) is 4.79 Å². The molecule has 16 heavy (non-hydrogen) atoms. The molecule has 1 aliphatic carbocycles. The molecule has 1 amide bonds. The summed E-state index contributed by atoms with van der Waals surface area (Å²) in [6.45, 7) is 1.29. The number of methoxy groups -OCH3 is 1. The largest absolute Gasteiger partial charge is 0.383 e. The van der Waals surface area contributed by atoms with Crippen LogP contribution in [0.3, 0.4) is 0 Å². The zero-order valence-electron chi connectivity index (χ0n) is 9.88. The lowest BCUT2D eigenvalue weighted by molar-refractivity contribution is -0.120. The Morgan fingerprint density at radius 3 is 2.75 bits per heavy atom. The number of hydrogen-bond acceptors (Lipinski definition) is 3. The van der Waals surface area contributed by atoms with Crippen molar-refractivity contribution in [3.8, 4) is 0 Å². The number of carbonyl (C=O) groups is 1. The van der Waals surface area contributed by atoms with Crippen molar-refractivity contribution in [1.82, 2.24) is 16.0 Å². The van der Waals surface area contributed by atoms with E-state index in [2.05, 4.69) is 20.9 Å². The van der Waals surface area contributed by atoms with Crippen LogP contribution in [0.1, 0.15) is 12.8 Å². The van der Waals surface area contributed by atoms with Gasteiger partial charge in [0.15, 0.2) is 5.96 Å². The molecular weight excluding hydrogens is 208 g/mol. The Morgan fingerprint density at radius 2 is 2.19 bits per heavy atom. The smallest absolute Gasteiger partial charge is 0.239 e. The SMILES string of the molecule is CN=C(NCC(=O)NCCOC)NC1CC1. The van der Waals surface area contributed by atoms with Gasteiger partial charge in [-0.2, -0.15) is 0 Å². The van der Waals surface area contributed by atoms with E-state index in [1.54, 1.807) is 14.2 Å². The van der Waals surface area contributed by atoms with Gasteiger partial charge in [-0.25, -0.2) is 0 Å². The number of carbonyl (C=O) groups excluding carboxylic acids is 1. The van der Waals surface area contributed by atoms with Gasteiger partial charge in [0.1, 0.15) is 0 Å². The summed E-state index contributed by atoms with van der Waals surface area (Å²) in [4.78, 5) is 15.4. The molecule has 6 nitrogen and oxygen atoms in total. The second-order valence-electron chi connectivity index (χ2n) is 3.69. The minimum absolute atomic E-state index is 0.0594. The molecule has 6 heteroatoms. The first kappa shape index (κ1) is 12.8. The average Bonchev–Trinajstić information content (AvgIpc) is 3.08. The van der Waals surface area contributed by atoms with Crippen LogP contribution in [0.25, 0.3) is 0 Å². The number of amides is 1. The third-order valence-corrected chi connectivity index (χ3v) is 2.19. The van der Waals surface area contributed by atoms with Gasteiger partial charge in [0, 0.05) is 26.7 Å². The van der Waals surface area contributed by atoms with Crippen molar-refractivity contribution in [2.24, 2.45) is 4.99 Å². The molecule has 0 unspecified atom stereocenters. The molecule has 0 saturated heterocycles. The molecule has 3 N–H and O–H groups in total. The molecule has 1 rings (SSSR count). The molecule has 1 fully saturated rings. The number of guanidine groups is 1. The van der Waals surface area contributed by atoms with Crippen molar-refractivity contribution in [2.75, 3.05) is 33.9 Å². The van der Waals surface area contributed by atoms with E-state index in [1.807, 2.05) is 0 Å². The Labute approximate surface area is 95.8 Å². The second-order valence-corrected chi connectivity index (χ2v) is 3.69. The zero-order chi connectivity index (χ0) is 11.8. The van der Waals surface area contributed by atoms with Crippen molar-refractivity contribution >= 4 is 11.9 Å². The van der Waals surface area contributed by atoms with Gasteiger partial charge in [0.25, 0.3) is 0 Å². The van der Waals surface area contributed by atoms with Gasteiger partial charge in [-0.15, -0.1) is 0 Å². The van der Waals surface area contributed by atoms with Gasteiger partial charge in [-0.3, -0.25) is 9.79 Å². The second kappa shape index (κ2) is 7.05. The van der Waals surface area contributed by atoms with Crippen LogP contribution in [0.4, 0.5) is 0 Å². The molecule has 0 spiro atoms. The molecule has 0 radical (unpaired) electrons. The Bertz CT molecular complexity index is 251. The third kappa shape index (κ3) is 5.55. The Balaban J connectivity index is 2.08. The van der Waals surface area contributed by atoms with Crippen LogP contribution < -0.4 is 16.0 Å². The fourth-order valence-electron chi connectivity index (χ4n) is 1.13. The highest BCUT2D eigenvalue weighted by Gasteiger charge is 2.22. The summed E-state index contributed by atoms with van der Waals surface area (Å²) in [7, 11) is 3.30. The molecule has 0 atom stereocenters. The van der Waals surface area contributed by atoms with Crippen LogP contribution in [-0.2, 0) is 9.53 Å². The fraction of sp³-hybridized carbons (Fsp3) is 0.800. The van der Waals surface area contributed by atoms with E-state index in [0.717, 1.165) is 0 Å². The standard InChI is InChI=1S/C10H20N4O2/c1-11-10(14-8-3-4-8)13-7-9(15)12-5-6-16-2/h8H,3-7H2,1-2H3,(H,12,15)(H2,11,13,14). The predicted molar refractivity (Wildman–Crippen MR) is 62.4 cm³/mol. The van der Waals surface area contributed by atoms with Crippen molar-refractivity contribution in [3.63, 3.8) is 0 Å². The molecular formula is C10H20N4O2. The summed E-state index contributed by atoms with van der Waals surface area (Å²) < 4.78 is 4.83. The lowest BCUT2D eigenvalue weighted by atomic mass is 10.5. The minimum atomic E-state index is -0.0594. The van der Waals surface area contributed by atoms with Gasteiger partial charge in [-0.1, -0.05) is 0 Å². The molecule has 0 aromatic heterocycles. The van der Waals surface area contributed by atoms with Gasteiger partial charge in [-0.05, 0) is 12.8 Å². The number of hydrogen-bond donors (Lipinski definition) is 3.